The molecule has 0 unspecified atom stereocenters. The molecule has 0 radical (unpaired) electrons. The average Bonchev–Trinajstić information content (AvgIpc) is 3.16. The van der Waals surface area contributed by atoms with Crippen molar-refractivity contribution in [1.29, 1.82) is 0 Å². The molecule has 150 valence electrons. The molecule has 4 aromatic rings. The number of halogens is 2. The highest BCUT2D eigenvalue weighted by molar-refractivity contribution is 6.08. The molecule has 0 aliphatic rings. The van der Waals surface area contributed by atoms with Gasteiger partial charge in [-0.15, -0.1) is 0 Å². The number of rotatable bonds is 5. The number of hydrogen-bond donors (Lipinski definition) is 1. The van der Waals surface area contributed by atoms with E-state index in [0.717, 1.165) is 28.8 Å². The third kappa shape index (κ3) is 4.27. The van der Waals surface area contributed by atoms with Gasteiger partial charge >= 0.3 is 0 Å². The smallest absolute Gasteiger partial charge is 0.259 e. The zero-order valence-corrected chi connectivity index (χ0v) is 16.3. The van der Waals surface area contributed by atoms with Gasteiger partial charge in [0.2, 0.25) is 0 Å². The number of nitrogens with one attached hydrogen (secondary N) is 1. The molecule has 0 saturated heterocycles. The van der Waals surface area contributed by atoms with Crippen molar-refractivity contribution in [2.24, 2.45) is 0 Å². The van der Waals surface area contributed by atoms with Gasteiger partial charge in [-0.25, -0.2) is 8.78 Å². The van der Waals surface area contributed by atoms with Crippen LogP contribution in [-0.4, -0.2) is 15.7 Å². The molecule has 0 spiro atoms. The predicted octanol–water partition coefficient (Wildman–Crippen LogP) is 5.44. The molecular formula is C24H19F2N3O. The highest BCUT2D eigenvalue weighted by Crippen LogP contribution is 2.24. The Morgan fingerprint density at radius 1 is 0.967 bits per heavy atom. The summed E-state index contributed by atoms with van der Waals surface area (Å²) in [4.78, 5) is 13.0. The summed E-state index contributed by atoms with van der Waals surface area (Å²) < 4.78 is 28.4. The molecule has 4 rings (SSSR count). The van der Waals surface area contributed by atoms with Crippen LogP contribution in [0.2, 0.25) is 0 Å². The summed E-state index contributed by atoms with van der Waals surface area (Å²) in [6, 6.07) is 20.7. The first kappa shape index (κ1) is 19.5. The number of aryl methyl sites for hydroxylation is 1. The van der Waals surface area contributed by atoms with E-state index in [1.807, 2.05) is 61.5 Å². The third-order valence-electron chi connectivity index (χ3n) is 4.70. The molecule has 1 amide bonds. The Hall–Kier alpha value is -3.80. The Kier molecular flexibility index (Phi) is 5.39. The summed E-state index contributed by atoms with van der Waals surface area (Å²) in [6.45, 7) is 2.48. The summed E-state index contributed by atoms with van der Waals surface area (Å²) in [6.07, 6.45) is 1.66. The van der Waals surface area contributed by atoms with Gasteiger partial charge in [-0.1, -0.05) is 60.2 Å². The highest BCUT2D eigenvalue weighted by Gasteiger charge is 2.19. The predicted molar refractivity (Wildman–Crippen MR) is 112 cm³/mol. The van der Waals surface area contributed by atoms with E-state index >= 15 is 0 Å². The van der Waals surface area contributed by atoms with Crippen molar-refractivity contribution < 1.29 is 13.6 Å². The SMILES string of the molecule is Cc1ccc(-c2nn(Cc3ccccc3)cc2C(=O)Nc2ccc(F)c(F)c2)cc1. The van der Waals surface area contributed by atoms with Crippen molar-refractivity contribution >= 4 is 11.6 Å². The Bertz CT molecular complexity index is 1190. The number of carbonyl (C=O) groups is 1. The maximum atomic E-state index is 13.5. The van der Waals surface area contributed by atoms with Crippen LogP contribution in [0, 0.1) is 18.6 Å². The zero-order chi connectivity index (χ0) is 21.1. The van der Waals surface area contributed by atoms with E-state index in [9.17, 15) is 13.6 Å². The minimum Gasteiger partial charge on any atom is -0.322 e. The first-order valence-electron chi connectivity index (χ1n) is 9.44. The maximum Gasteiger partial charge on any atom is 0.259 e. The summed E-state index contributed by atoms with van der Waals surface area (Å²) in [5, 5.41) is 7.25. The van der Waals surface area contributed by atoms with E-state index in [0.29, 0.717) is 17.8 Å². The minimum absolute atomic E-state index is 0.171. The molecular weight excluding hydrogens is 384 g/mol. The van der Waals surface area contributed by atoms with Gasteiger partial charge in [0, 0.05) is 23.5 Å². The standard InChI is InChI=1S/C24H19F2N3O/c1-16-7-9-18(10-8-16)23-20(15-29(28-23)14-17-5-3-2-4-6-17)24(30)27-19-11-12-21(25)22(26)13-19/h2-13,15H,14H2,1H3,(H,27,30). The normalized spacial score (nSPS) is 10.8. The van der Waals surface area contributed by atoms with Crippen LogP contribution in [0.25, 0.3) is 11.3 Å². The van der Waals surface area contributed by atoms with Crippen molar-refractivity contribution in [2.45, 2.75) is 13.5 Å². The van der Waals surface area contributed by atoms with Crippen LogP contribution >= 0.6 is 0 Å². The Morgan fingerprint density at radius 2 is 1.70 bits per heavy atom. The van der Waals surface area contributed by atoms with Crippen LogP contribution in [0.15, 0.2) is 79.0 Å². The van der Waals surface area contributed by atoms with Gasteiger partial charge in [-0.05, 0) is 24.6 Å². The van der Waals surface area contributed by atoms with Gasteiger partial charge < -0.3 is 5.32 Å². The third-order valence-corrected chi connectivity index (χ3v) is 4.70. The second-order valence-corrected chi connectivity index (χ2v) is 7.02. The molecule has 0 aliphatic carbocycles. The fourth-order valence-corrected chi connectivity index (χ4v) is 3.14. The lowest BCUT2D eigenvalue weighted by Crippen LogP contribution is -2.12. The van der Waals surface area contributed by atoms with Crippen LogP contribution in [0.5, 0.6) is 0 Å². The number of aromatic nitrogens is 2. The van der Waals surface area contributed by atoms with Crippen LogP contribution in [-0.2, 0) is 6.54 Å². The van der Waals surface area contributed by atoms with Crippen molar-refractivity contribution in [3.05, 3.63) is 107 Å². The minimum atomic E-state index is -1.02. The summed E-state index contributed by atoms with van der Waals surface area (Å²) in [5.74, 6) is -2.44. The van der Waals surface area contributed by atoms with E-state index < -0.39 is 17.5 Å². The first-order valence-corrected chi connectivity index (χ1v) is 9.44. The fraction of sp³-hybridized carbons (Fsp3) is 0.0833. The van der Waals surface area contributed by atoms with Gasteiger partial charge in [-0.3, -0.25) is 9.48 Å². The molecule has 3 aromatic carbocycles. The molecule has 0 aliphatic heterocycles. The number of benzene rings is 3. The molecule has 0 atom stereocenters. The Morgan fingerprint density at radius 3 is 2.40 bits per heavy atom. The Balaban J connectivity index is 1.69. The van der Waals surface area contributed by atoms with Crippen LogP contribution in [0.1, 0.15) is 21.5 Å². The summed E-state index contributed by atoms with van der Waals surface area (Å²) >= 11 is 0. The highest BCUT2D eigenvalue weighted by atomic mass is 19.2. The topological polar surface area (TPSA) is 46.9 Å². The molecule has 30 heavy (non-hydrogen) atoms. The lowest BCUT2D eigenvalue weighted by Gasteiger charge is -2.06. The molecule has 6 heteroatoms. The molecule has 0 bridgehead atoms. The van der Waals surface area contributed by atoms with Crippen molar-refractivity contribution in [1.82, 2.24) is 9.78 Å². The number of anilines is 1. The van der Waals surface area contributed by atoms with Crippen molar-refractivity contribution in [3.63, 3.8) is 0 Å². The molecule has 0 fully saturated rings. The van der Waals surface area contributed by atoms with Crippen molar-refractivity contribution in [2.75, 3.05) is 5.32 Å². The van der Waals surface area contributed by atoms with Gasteiger partial charge in [0.1, 0.15) is 5.69 Å². The number of hydrogen-bond acceptors (Lipinski definition) is 2. The maximum absolute atomic E-state index is 13.5. The Labute approximate surface area is 172 Å². The molecule has 1 aromatic heterocycles. The monoisotopic (exact) mass is 403 g/mol. The van der Waals surface area contributed by atoms with Gasteiger partial charge in [0.15, 0.2) is 11.6 Å². The molecule has 1 heterocycles. The first-order chi connectivity index (χ1) is 14.5. The van der Waals surface area contributed by atoms with Gasteiger partial charge in [-0.2, -0.15) is 5.10 Å². The van der Waals surface area contributed by atoms with E-state index in [-0.39, 0.29) is 5.69 Å². The quantitative estimate of drug-likeness (QED) is 0.483. The lowest BCUT2D eigenvalue weighted by atomic mass is 10.1. The van der Waals surface area contributed by atoms with Gasteiger partial charge in [0.25, 0.3) is 5.91 Å². The average molecular weight is 403 g/mol. The summed E-state index contributed by atoms with van der Waals surface area (Å²) in [7, 11) is 0. The lowest BCUT2D eigenvalue weighted by molar-refractivity contribution is 0.102. The van der Waals surface area contributed by atoms with Crippen LogP contribution in [0.3, 0.4) is 0 Å². The molecule has 1 N–H and O–H groups in total. The second-order valence-electron chi connectivity index (χ2n) is 7.02. The van der Waals surface area contributed by atoms with Crippen molar-refractivity contribution in [3.8, 4) is 11.3 Å². The van der Waals surface area contributed by atoms with E-state index in [1.165, 1.54) is 6.07 Å². The van der Waals surface area contributed by atoms with E-state index in [1.54, 1.807) is 10.9 Å². The van der Waals surface area contributed by atoms with Crippen LogP contribution < -0.4 is 5.32 Å². The molecule has 4 nitrogen and oxygen atoms in total. The second kappa shape index (κ2) is 8.29. The number of nitrogens with zero attached hydrogens (tertiary/aromatic N) is 2. The number of carbonyl (C=O) groups excluding carboxylic acids is 1. The van der Waals surface area contributed by atoms with Gasteiger partial charge in [0.05, 0.1) is 12.1 Å². The fourth-order valence-electron chi connectivity index (χ4n) is 3.14. The van der Waals surface area contributed by atoms with Crippen LogP contribution in [0.4, 0.5) is 14.5 Å². The molecule has 0 saturated carbocycles. The van der Waals surface area contributed by atoms with E-state index in [2.05, 4.69) is 10.4 Å². The number of amides is 1. The van der Waals surface area contributed by atoms with E-state index in [4.69, 9.17) is 0 Å². The largest absolute Gasteiger partial charge is 0.322 e. The zero-order valence-electron chi connectivity index (χ0n) is 16.3. The summed E-state index contributed by atoms with van der Waals surface area (Å²) in [5.41, 5.74) is 3.97.